The van der Waals surface area contributed by atoms with Gasteiger partial charge in [-0.2, -0.15) is 11.8 Å². The summed E-state index contributed by atoms with van der Waals surface area (Å²) in [4.78, 5) is 0. The summed E-state index contributed by atoms with van der Waals surface area (Å²) in [5, 5.41) is 0. The van der Waals surface area contributed by atoms with Crippen molar-refractivity contribution in [3.05, 3.63) is 0 Å². The lowest BCUT2D eigenvalue weighted by Gasteiger charge is -2.45. The van der Waals surface area contributed by atoms with E-state index in [2.05, 4.69) is 18.7 Å². The maximum Gasteiger partial charge on any atom is 0.0701 e. The van der Waals surface area contributed by atoms with Gasteiger partial charge in [-0.05, 0) is 61.4 Å². The number of rotatable bonds is 2. The van der Waals surface area contributed by atoms with E-state index >= 15 is 0 Å². The number of nitrogens with two attached hydrogens (primary N) is 1. The molecule has 0 aromatic heterocycles. The first-order valence-electron chi connectivity index (χ1n) is 7.17. The molecule has 3 heteroatoms. The predicted molar refractivity (Wildman–Crippen MR) is 73.2 cm³/mol. The van der Waals surface area contributed by atoms with Crippen LogP contribution in [0.4, 0.5) is 0 Å². The molecule has 0 aromatic carbocycles. The molecule has 3 fully saturated rings. The first-order chi connectivity index (χ1) is 8.20. The number of thioether (sulfide) groups is 1. The van der Waals surface area contributed by atoms with E-state index in [0.29, 0.717) is 6.04 Å². The average molecular weight is 255 g/mol. The van der Waals surface area contributed by atoms with Crippen LogP contribution in [-0.2, 0) is 4.74 Å². The Bertz CT molecular complexity index is 272. The highest BCUT2D eigenvalue weighted by atomic mass is 32.2. The summed E-state index contributed by atoms with van der Waals surface area (Å²) in [6.45, 7) is 3.29. The molecular formula is C14H25NOS. The maximum atomic E-state index is 6.47. The van der Waals surface area contributed by atoms with Gasteiger partial charge in [0, 0.05) is 12.6 Å². The second kappa shape index (κ2) is 4.75. The van der Waals surface area contributed by atoms with Gasteiger partial charge in [-0.25, -0.2) is 0 Å². The molecule has 4 atom stereocenters. The van der Waals surface area contributed by atoms with Crippen LogP contribution >= 0.6 is 11.8 Å². The largest absolute Gasteiger partial charge is 0.375 e. The highest BCUT2D eigenvalue weighted by Crippen LogP contribution is 2.47. The molecule has 2 N–H and O–H groups in total. The van der Waals surface area contributed by atoms with E-state index in [1.54, 1.807) is 0 Å². The van der Waals surface area contributed by atoms with Crippen molar-refractivity contribution < 1.29 is 4.74 Å². The molecule has 2 heterocycles. The average Bonchev–Trinajstić information content (AvgIpc) is 3.06. The van der Waals surface area contributed by atoms with Crippen molar-refractivity contribution in [2.24, 2.45) is 23.5 Å². The summed E-state index contributed by atoms with van der Waals surface area (Å²) >= 11 is 2.08. The maximum absolute atomic E-state index is 6.47. The van der Waals surface area contributed by atoms with Gasteiger partial charge < -0.3 is 10.5 Å². The fourth-order valence-corrected chi connectivity index (χ4v) is 4.96. The van der Waals surface area contributed by atoms with Crippen LogP contribution < -0.4 is 5.73 Å². The van der Waals surface area contributed by atoms with Crippen molar-refractivity contribution in [2.75, 3.05) is 18.1 Å². The Balaban J connectivity index is 1.62. The van der Waals surface area contributed by atoms with Crippen LogP contribution in [0.3, 0.4) is 0 Å². The standard InChI is InChI=1S/C14H25NOS/c1-10-8-12(10)13(15)11-2-5-16-14(9-11)3-6-17-7-4-14/h10-13H,2-9,15H2,1H3. The third-order valence-corrected chi connectivity index (χ3v) is 6.13. The molecule has 0 aromatic rings. The van der Waals surface area contributed by atoms with Crippen molar-refractivity contribution in [2.45, 2.75) is 50.7 Å². The van der Waals surface area contributed by atoms with Gasteiger partial charge in [0.25, 0.3) is 0 Å². The van der Waals surface area contributed by atoms with E-state index in [9.17, 15) is 0 Å². The van der Waals surface area contributed by atoms with Gasteiger partial charge in [0.2, 0.25) is 0 Å². The highest BCUT2D eigenvalue weighted by molar-refractivity contribution is 7.99. The number of hydrogen-bond acceptors (Lipinski definition) is 3. The molecule has 2 aliphatic heterocycles. The molecule has 3 rings (SSSR count). The van der Waals surface area contributed by atoms with E-state index < -0.39 is 0 Å². The smallest absolute Gasteiger partial charge is 0.0701 e. The van der Waals surface area contributed by atoms with Gasteiger partial charge in [0.1, 0.15) is 0 Å². The Morgan fingerprint density at radius 1 is 1.35 bits per heavy atom. The van der Waals surface area contributed by atoms with E-state index in [1.807, 2.05) is 0 Å². The van der Waals surface area contributed by atoms with Gasteiger partial charge in [0.05, 0.1) is 5.60 Å². The Kier molecular flexibility index (Phi) is 3.44. The van der Waals surface area contributed by atoms with Crippen molar-refractivity contribution in [1.29, 1.82) is 0 Å². The number of hydrogen-bond donors (Lipinski definition) is 1. The second-order valence-corrected chi connectivity index (χ2v) is 7.58. The minimum atomic E-state index is 0.212. The lowest BCUT2D eigenvalue weighted by Crippen LogP contribution is -2.47. The van der Waals surface area contributed by atoms with E-state index in [4.69, 9.17) is 10.5 Å². The minimum absolute atomic E-state index is 0.212. The summed E-state index contributed by atoms with van der Waals surface area (Å²) in [5.74, 6) is 4.98. The minimum Gasteiger partial charge on any atom is -0.375 e. The van der Waals surface area contributed by atoms with Crippen LogP contribution in [0.15, 0.2) is 0 Å². The normalized spacial score (nSPS) is 42.4. The van der Waals surface area contributed by atoms with Crippen LogP contribution in [0.1, 0.15) is 39.0 Å². The fraction of sp³-hybridized carbons (Fsp3) is 1.00. The van der Waals surface area contributed by atoms with Gasteiger partial charge in [-0.3, -0.25) is 0 Å². The number of ether oxygens (including phenoxy) is 1. The zero-order valence-electron chi connectivity index (χ0n) is 10.9. The summed E-state index contributed by atoms with van der Waals surface area (Å²) in [5.41, 5.74) is 6.69. The summed E-state index contributed by atoms with van der Waals surface area (Å²) in [6.07, 6.45) is 6.29. The molecule has 4 unspecified atom stereocenters. The lowest BCUT2D eigenvalue weighted by molar-refractivity contribution is -0.106. The quantitative estimate of drug-likeness (QED) is 0.824. The van der Waals surface area contributed by atoms with Gasteiger partial charge in [0.15, 0.2) is 0 Å². The van der Waals surface area contributed by atoms with Crippen LogP contribution in [0, 0.1) is 17.8 Å². The molecule has 3 aliphatic rings. The van der Waals surface area contributed by atoms with Crippen LogP contribution in [0.5, 0.6) is 0 Å². The van der Waals surface area contributed by atoms with Gasteiger partial charge in [-0.15, -0.1) is 0 Å². The summed E-state index contributed by atoms with van der Waals surface area (Å²) in [6, 6.07) is 0.445. The van der Waals surface area contributed by atoms with E-state index in [0.717, 1.165) is 24.4 Å². The van der Waals surface area contributed by atoms with Gasteiger partial charge in [-0.1, -0.05) is 6.92 Å². The second-order valence-electron chi connectivity index (χ2n) is 6.35. The Morgan fingerprint density at radius 3 is 2.71 bits per heavy atom. The zero-order chi connectivity index (χ0) is 11.9. The third-order valence-electron chi connectivity index (χ3n) is 5.15. The molecule has 98 valence electrons. The Hall–Kier alpha value is 0.270. The molecule has 0 amide bonds. The predicted octanol–water partition coefficient (Wildman–Crippen LogP) is 2.66. The molecule has 0 radical (unpaired) electrons. The molecule has 0 bridgehead atoms. The molecule has 17 heavy (non-hydrogen) atoms. The molecule has 1 saturated carbocycles. The Labute approximate surface area is 109 Å². The first kappa shape index (κ1) is 12.3. The third kappa shape index (κ3) is 2.52. The fourth-order valence-electron chi connectivity index (χ4n) is 3.72. The van der Waals surface area contributed by atoms with Gasteiger partial charge >= 0.3 is 0 Å². The van der Waals surface area contributed by atoms with E-state index in [1.165, 1.54) is 43.6 Å². The SMILES string of the molecule is CC1CC1C(N)C1CCOC2(CCSCC2)C1. The molecular weight excluding hydrogens is 230 g/mol. The Morgan fingerprint density at radius 2 is 2.06 bits per heavy atom. The van der Waals surface area contributed by atoms with Crippen LogP contribution in [-0.4, -0.2) is 29.8 Å². The summed E-state index contributed by atoms with van der Waals surface area (Å²) in [7, 11) is 0. The van der Waals surface area contributed by atoms with Crippen LogP contribution in [0.25, 0.3) is 0 Å². The van der Waals surface area contributed by atoms with Crippen molar-refractivity contribution in [3.63, 3.8) is 0 Å². The summed E-state index contributed by atoms with van der Waals surface area (Å²) < 4.78 is 6.14. The van der Waals surface area contributed by atoms with Crippen molar-refractivity contribution in [1.82, 2.24) is 0 Å². The highest BCUT2D eigenvalue weighted by Gasteiger charge is 2.46. The topological polar surface area (TPSA) is 35.2 Å². The van der Waals surface area contributed by atoms with Crippen molar-refractivity contribution in [3.8, 4) is 0 Å². The molecule has 1 aliphatic carbocycles. The zero-order valence-corrected chi connectivity index (χ0v) is 11.7. The molecule has 1 spiro atoms. The van der Waals surface area contributed by atoms with Crippen LogP contribution in [0.2, 0.25) is 0 Å². The molecule has 2 nitrogen and oxygen atoms in total. The molecule has 2 saturated heterocycles. The monoisotopic (exact) mass is 255 g/mol. The van der Waals surface area contributed by atoms with E-state index in [-0.39, 0.29) is 5.60 Å². The van der Waals surface area contributed by atoms with Crippen molar-refractivity contribution >= 4 is 11.8 Å². The first-order valence-corrected chi connectivity index (χ1v) is 8.33. The lowest BCUT2D eigenvalue weighted by atomic mass is 9.77.